The molecule has 0 bridgehead atoms. The van der Waals surface area contributed by atoms with Gasteiger partial charge in [-0.1, -0.05) is 35.3 Å². The molecule has 28 heavy (non-hydrogen) atoms. The molecular formula is C23H23Cl2N3. The number of halogens is 2. The number of hydrogen-bond acceptors (Lipinski definition) is 3. The smallest absolute Gasteiger partial charge is 0.128 e. The highest BCUT2D eigenvalue weighted by Crippen LogP contribution is 2.38. The second-order valence-corrected chi connectivity index (χ2v) is 8.07. The van der Waals surface area contributed by atoms with Gasteiger partial charge in [0.05, 0.1) is 0 Å². The zero-order chi connectivity index (χ0) is 19.7. The summed E-state index contributed by atoms with van der Waals surface area (Å²) in [7, 11) is 4.12. The topological polar surface area (TPSA) is 9.72 Å². The minimum atomic E-state index is 0.110. The highest BCUT2D eigenvalue weighted by Gasteiger charge is 2.33. The van der Waals surface area contributed by atoms with Crippen molar-refractivity contribution in [2.45, 2.75) is 6.17 Å². The lowest BCUT2D eigenvalue weighted by Crippen LogP contribution is -2.31. The third-order valence-electron chi connectivity index (χ3n) is 5.20. The highest BCUT2D eigenvalue weighted by molar-refractivity contribution is 6.30. The van der Waals surface area contributed by atoms with Crippen molar-refractivity contribution >= 4 is 40.3 Å². The number of hydrogen-bond donors (Lipinski definition) is 0. The number of nitrogens with zero attached hydrogens (tertiary/aromatic N) is 3. The first-order valence-electron chi connectivity index (χ1n) is 9.34. The Morgan fingerprint density at radius 2 is 1.11 bits per heavy atom. The molecule has 3 aromatic rings. The Hall–Kier alpha value is -2.36. The van der Waals surface area contributed by atoms with E-state index in [0.29, 0.717) is 0 Å². The summed E-state index contributed by atoms with van der Waals surface area (Å²) in [6.45, 7) is 1.87. The first-order valence-corrected chi connectivity index (χ1v) is 10.1. The van der Waals surface area contributed by atoms with Crippen molar-refractivity contribution in [3.63, 3.8) is 0 Å². The summed E-state index contributed by atoms with van der Waals surface area (Å²) < 4.78 is 0. The van der Waals surface area contributed by atoms with Crippen LogP contribution < -0.4 is 14.7 Å². The van der Waals surface area contributed by atoms with Crippen molar-refractivity contribution in [1.82, 2.24) is 0 Å². The van der Waals surface area contributed by atoms with Gasteiger partial charge in [-0.15, -0.1) is 0 Å². The molecule has 144 valence electrons. The maximum Gasteiger partial charge on any atom is 0.128 e. The molecule has 0 unspecified atom stereocenters. The van der Waals surface area contributed by atoms with Crippen LogP contribution in [0.25, 0.3) is 0 Å². The number of rotatable bonds is 4. The molecule has 3 nitrogen and oxygen atoms in total. The molecule has 0 N–H and O–H groups in total. The SMILES string of the molecule is CN(C)c1ccc(C2N(c3ccc(Cl)cc3)CCN2c2ccc(Cl)cc2)cc1. The summed E-state index contributed by atoms with van der Waals surface area (Å²) in [6, 6.07) is 25.0. The summed E-state index contributed by atoms with van der Waals surface area (Å²) in [4.78, 5) is 6.97. The Kier molecular flexibility index (Phi) is 5.38. The van der Waals surface area contributed by atoms with Crippen molar-refractivity contribution in [3.05, 3.63) is 88.4 Å². The summed E-state index contributed by atoms with van der Waals surface area (Å²) in [5, 5.41) is 1.51. The fourth-order valence-corrected chi connectivity index (χ4v) is 3.99. The molecule has 5 heteroatoms. The van der Waals surface area contributed by atoms with E-state index in [2.05, 4.69) is 77.3 Å². The van der Waals surface area contributed by atoms with E-state index >= 15 is 0 Å². The van der Waals surface area contributed by atoms with Crippen molar-refractivity contribution < 1.29 is 0 Å². The second kappa shape index (κ2) is 7.94. The van der Waals surface area contributed by atoms with Crippen molar-refractivity contribution in [1.29, 1.82) is 0 Å². The third kappa shape index (κ3) is 3.78. The summed E-state index contributed by atoms with van der Waals surface area (Å²) >= 11 is 12.2. The maximum atomic E-state index is 6.11. The Labute approximate surface area is 176 Å². The number of anilines is 3. The van der Waals surface area contributed by atoms with Gasteiger partial charge < -0.3 is 14.7 Å². The number of benzene rings is 3. The van der Waals surface area contributed by atoms with E-state index in [0.717, 1.165) is 23.1 Å². The van der Waals surface area contributed by atoms with Crippen LogP contribution in [0.5, 0.6) is 0 Å². The standard InChI is InChI=1S/C23H23Cl2N3/c1-26(2)20-9-3-17(4-10-20)23-27(21-11-5-18(24)6-12-21)15-16-28(23)22-13-7-19(25)8-14-22/h3-14,23H,15-16H2,1-2H3. The van der Waals surface area contributed by atoms with E-state index in [1.807, 2.05) is 24.3 Å². The summed E-state index contributed by atoms with van der Waals surface area (Å²) in [5.41, 5.74) is 4.79. The van der Waals surface area contributed by atoms with E-state index in [1.54, 1.807) is 0 Å². The van der Waals surface area contributed by atoms with Crippen LogP contribution in [0.4, 0.5) is 17.1 Å². The predicted molar refractivity (Wildman–Crippen MR) is 121 cm³/mol. The van der Waals surface area contributed by atoms with Crippen LogP contribution in [0.3, 0.4) is 0 Å². The molecule has 0 aliphatic carbocycles. The van der Waals surface area contributed by atoms with Crippen LogP contribution in [0.2, 0.25) is 10.0 Å². The predicted octanol–water partition coefficient (Wildman–Crippen LogP) is 6.08. The molecule has 0 spiro atoms. The van der Waals surface area contributed by atoms with Crippen LogP contribution in [-0.2, 0) is 0 Å². The molecule has 1 saturated heterocycles. The van der Waals surface area contributed by atoms with Crippen LogP contribution in [-0.4, -0.2) is 27.2 Å². The molecule has 0 aromatic heterocycles. The van der Waals surface area contributed by atoms with Gasteiger partial charge in [0.2, 0.25) is 0 Å². The van der Waals surface area contributed by atoms with E-state index in [9.17, 15) is 0 Å². The van der Waals surface area contributed by atoms with Crippen LogP contribution in [0, 0.1) is 0 Å². The molecule has 1 aliphatic rings. The molecule has 0 amide bonds. The Bertz CT molecular complexity index is 868. The van der Waals surface area contributed by atoms with Crippen molar-refractivity contribution in [2.75, 3.05) is 41.9 Å². The minimum absolute atomic E-state index is 0.110. The van der Waals surface area contributed by atoms with E-state index in [-0.39, 0.29) is 6.17 Å². The summed E-state index contributed by atoms with van der Waals surface area (Å²) in [5.74, 6) is 0. The normalized spacial score (nSPS) is 14.6. The fourth-order valence-electron chi connectivity index (χ4n) is 3.74. The Morgan fingerprint density at radius 1 is 0.679 bits per heavy atom. The van der Waals surface area contributed by atoms with Crippen LogP contribution in [0.15, 0.2) is 72.8 Å². The molecular weight excluding hydrogens is 389 g/mol. The zero-order valence-electron chi connectivity index (χ0n) is 16.0. The van der Waals surface area contributed by atoms with Crippen LogP contribution in [0.1, 0.15) is 11.7 Å². The molecule has 1 heterocycles. The first kappa shape index (κ1) is 19.0. The molecule has 1 fully saturated rings. The minimum Gasteiger partial charge on any atom is -0.378 e. The molecule has 3 aromatic carbocycles. The highest BCUT2D eigenvalue weighted by atomic mass is 35.5. The second-order valence-electron chi connectivity index (χ2n) is 7.20. The van der Waals surface area contributed by atoms with Gasteiger partial charge in [-0.05, 0) is 66.2 Å². The van der Waals surface area contributed by atoms with E-state index in [1.165, 1.54) is 22.6 Å². The Balaban J connectivity index is 1.74. The quantitative estimate of drug-likeness (QED) is 0.514. The molecule has 4 rings (SSSR count). The van der Waals surface area contributed by atoms with Gasteiger partial charge in [0.25, 0.3) is 0 Å². The van der Waals surface area contributed by atoms with Gasteiger partial charge in [-0.25, -0.2) is 0 Å². The summed E-state index contributed by atoms with van der Waals surface area (Å²) in [6.07, 6.45) is 0.110. The monoisotopic (exact) mass is 411 g/mol. The first-order chi connectivity index (χ1) is 13.5. The van der Waals surface area contributed by atoms with Gasteiger partial charge in [-0.3, -0.25) is 0 Å². The Morgan fingerprint density at radius 3 is 1.50 bits per heavy atom. The fraction of sp³-hybridized carbons (Fsp3) is 0.217. The lowest BCUT2D eigenvalue weighted by Gasteiger charge is -2.33. The van der Waals surface area contributed by atoms with Gasteiger partial charge in [0.1, 0.15) is 6.17 Å². The van der Waals surface area contributed by atoms with Gasteiger partial charge in [-0.2, -0.15) is 0 Å². The zero-order valence-corrected chi connectivity index (χ0v) is 17.5. The van der Waals surface area contributed by atoms with Crippen molar-refractivity contribution in [2.24, 2.45) is 0 Å². The van der Waals surface area contributed by atoms with Gasteiger partial charge in [0.15, 0.2) is 0 Å². The maximum absolute atomic E-state index is 6.11. The van der Waals surface area contributed by atoms with Gasteiger partial charge in [0, 0.05) is 54.3 Å². The molecule has 0 saturated carbocycles. The molecule has 0 atom stereocenters. The molecule has 0 radical (unpaired) electrons. The third-order valence-corrected chi connectivity index (χ3v) is 5.70. The lowest BCUT2D eigenvalue weighted by atomic mass is 10.1. The van der Waals surface area contributed by atoms with Crippen LogP contribution >= 0.6 is 23.2 Å². The van der Waals surface area contributed by atoms with Crippen molar-refractivity contribution in [3.8, 4) is 0 Å². The molecule has 1 aliphatic heterocycles. The van der Waals surface area contributed by atoms with Gasteiger partial charge >= 0.3 is 0 Å². The lowest BCUT2D eigenvalue weighted by molar-refractivity contribution is 0.717. The average molecular weight is 412 g/mol. The van der Waals surface area contributed by atoms with E-state index < -0.39 is 0 Å². The van der Waals surface area contributed by atoms with E-state index in [4.69, 9.17) is 23.2 Å². The average Bonchev–Trinajstić information content (AvgIpc) is 3.14. The largest absolute Gasteiger partial charge is 0.378 e.